The van der Waals surface area contributed by atoms with Crippen LogP contribution >= 0.6 is 0 Å². The fraction of sp³-hybridized carbons (Fsp3) is 0.360. The Morgan fingerprint density at radius 1 is 1.03 bits per heavy atom. The molecule has 0 radical (unpaired) electrons. The van der Waals surface area contributed by atoms with E-state index in [-0.39, 0.29) is 11.8 Å². The van der Waals surface area contributed by atoms with Crippen LogP contribution in [0.2, 0.25) is 0 Å². The topological polar surface area (TPSA) is 68.9 Å². The zero-order valence-corrected chi connectivity index (χ0v) is 18.7. The van der Waals surface area contributed by atoms with Crippen molar-refractivity contribution in [3.8, 4) is 5.75 Å². The molecule has 0 atom stereocenters. The average molecular weight is 435 g/mol. The Kier molecular flexibility index (Phi) is 6.75. The van der Waals surface area contributed by atoms with Crippen molar-refractivity contribution in [3.05, 3.63) is 65.9 Å². The summed E-state index contributed by atoms with van der Waals surface area (Å²) in [6.07, 6.45) is 2.32. The number of amides is 2. The number of benzene rings is 2. The molecule has 7 heteroatoms. The van der Waals surface area contributed by atoms with E-state index in [1.54, 1.807) is 12.0 Å². The van der Waals surface area contributed by atoms with E-state index in [2.05, 4.69) is 9.88 Å². The fourth-order valence-corrected chi connectivity index (χ4v) is 4.11. The molecule has 1 saturated heterocycles. The van der Waals surface area contributed by atoms with Gasteiger partial charge in [0, 0.05) is 56.9 Å². The number of aromatic amines is 1. The zero-order valence-electron chi connectivity index (χ0n) is 18.7. The summed E-state index contributed by atoms with van der Waals surface area (Å²) >= 11 is 0. The molecule has 168 valence electrons. The predicted octanol–water partition coefficient (Wildman–Crippen LogP) is 2.52. The standard InChI is InChI=1S/C25H30N4O3/c1-27(17-19-7-9-21(32-2)10-8-19)25(31)18-28-11-13-29(14-12-28)24(30)15-20-16-26-23-6-4-3-5-22(20)23/h3-10,16,26H,11-15,17-18H2,1-2H3. The van der Waals surface area contributed by atoms with Crippen molar-refractivity contribution in [2.45, 2.75) is 13.0 Å². The molecule has 2 amide bonds. The number of piperazine rings is 1. The van der Waals surface area contributed by atoms with Crippen LogP contribution in [0.3, 0.4) is 0 Å². The first-order chi connectivity index (χ1) is 15.5. The zero-order chi connectivity index (χ0) is 22.5. The van der Waals surface area contributed by atoms with Gasteiger partial charge in [-0.1, -0.05) is 30.3 Å². The third-order valence-corrected chi connectivity index (χ3v) is 6.11. The van der Waals surface area contributed by atoms with Gasteiger partial charge in [0.2, 0.25) is 11.8 Å². The summed E-state index contributed by atoms with van der Waals surface area (Å²) in [5.74, 6) is 1.02. The van der Waals surface area contributed by atoms with Crippen molar-refractivity contribution in [2.24, 2.45) is 0 Å². The van der Waals surface area contributed by atoms with Gasteiger partial charge >= 0.3 is 0 Å². The first-order valence-electron chi connectivity index (χ1n) is 11.0. The van der Waals surface area contributed by atoms with E-state index in [1.807, 2.05) is 66.7 Å². The van der Waals surface area contributed by atoms with E-state index < -0.39 is 0 Å². The monoisotopic (exact) mass is 434 g/mol. The lowest BCUT2D eigenvalue weighted by atomic mass is 10.1. The molecule has 0 saturated carbocycles. The Bertz CT molecular complexity index is 1070. The number of para-hydroxylation sites is 1. The van der Waals surface area contributed by atoms with Gasteiger partial charge in [0.15, 0.2) is 0 Å². The number of aromatic nitrogens is 1. The maximum Gasteiger partial charge on any atom is 0.236 e. The highest BCUT2D eigenvalue weighted by Crippen LogP contribution is 2.19. The number of nitrogens with one attached hydrogen (secondary N) is 1. The van der Waals surface area contributed by atoms with Gasteiger partial charge in [0.1, 0.15) is 5.75 Å². The highest BCUT2D eigenvalue weighted by Gasteiger charge is 2.24. The Balaban J connectivity index is 1.24. The minimum atomic E-state index is 0.0828. The van der Waals surface area contributed by atoms with Gasteiger partial charge in [-0.2, -0.15) is 0 Å². The first-order valence-corrected chi connectivity index (χ1v) is 11.0. The number of likely N-dealkylation sites (N-methyl/N-ethyl adjacent to an activating group) is 1. The number of carbonyl (C=O) groups excluding carboxylic acids is 2. The van der Waals surface area contributed by atoms with Gasteiger partial charge in [0.05, 0.1) is 20.1 Å². The Hall–Kier alpha value is -3.32. The van der Waals surface area contributed by atoms with Crippen LogP contribution in [-0.4, -0.2) is 78.4 Å². The number of rotatable bonds is 7. The number of hydrogen-bond acceptors (Lipinski definition) is 4. The minimum absolute atomic E-state index is 0.0828. The number of ether oxygens (including phenoxy) is 1. The van der Waals surface area contributed by atoms with E-state index in [0.717, 1.165) is 27.8 Å². The maximum absolute atomic E-state index is 12.8. The van der Waals surface area contributed by atoms with Crippen molar-refractivity contribution in [1.29, 1.82) is 0 Å². The largest absolute Gasteiger partial charge is 0.497 e. The lowest BCUT2D eigenvalue weighted by Gasteiger charge is -2.35. The summed E-state index contributed by atoms with van der Waals surface area (Å²) in [6, 6.07) is 15.8. The van der Waals surface area contributed by atoms with Crippen LogP contribution in [0.15, 0.2) is 54.7 Å². The third kappa shape index (κ3) is 5.11. The number of carbonyl (C=O) groups is 2. The van der Waals surface area contributed by atoms with E-state index in [4.69, 9.17) is 4.74 Å². The molecule has 0 spiro atoms. The molecule has 1 aliphatic heterocycles. The van der Waals surface area contributed by atoms with Crippen molar-refractivity contribution in [3.63, 3.8) is 0 Å². The molecule has 4 rings (SSSR count). The van der Waals surface area contributed by atoms with E-state index in [1.165, 1.54) is 0 Å². The molecule has 1 N–H and O–H groups in total. The summed E-state index contributed by atoms with van der Waals surface area (Å²) < 4.78 is 5.18. The molecule has 2 heterocycles. The molecule has 2 aromatic carbocycles. The number of fused-ring (bicyclic) bond motifs is 1. The van der Waals surface area contributed by atoms with Crippen LogP contribution in [0.1, 0.15) is 11.1 Å². The number of H-pyrrole nitrogens is 1. The second-order valence-corrected chi connectivity index (χ2v) is 8.29. The summed E-state index contributed by atoms with van der Waals surface area (Å²) in [6.45, 7) is 3.65. The maximum atomic E-state index is 12.8. The average Bonchev–Trinajstić information content (AvgIpc) is 3.22. The van der Waals surface area contributed by atoms with Gasteiger partial charge in [0.25, 0.3) is 0 Å². The van der Waals surface area contributed by atoms with Crippen LogP contribution in [0.4, 0.5) is 0 Å². The predicted molar refractivity (Wildman–Crippen MR) is 124 cm³/mol. The highest BCUT2D eigenvalue weighted by atomic mass is 16.5. The second-order valence-electron chi connectivity index (χ2n) is 8.29. The molecule has 0 unspecified atom stereocenters. The molecule has 1 aliphatic rings. The Morgan fingerprint density at radius 2 is 1.75 bits per heavy atom. The molecular weight excluding hydrogens is 404 g/mol. The van der Waals surface area contributed by atoms with Crippen molar-refractivity contribution < 1.29 is 14.3 Å². The van der Waals surface area contributed by atoms with Crippen LogP contribution in [0, 0.1) is 0 Å². The summed E-state index contributed by atoms with van der Waals surface area (Å²) in [5.41, 5.74) is 3.15. The number of hydrogen-bond donors (Lipinski definition) is 1. The molecule has 32 heavy (non-hydrogen) atoms. The second kappa shape index (κ2) is 9.87. The number of methoxy groups -OCH3 is 1. The van der Waals surface area contributed by atoms with Crippen LogP contribution < -0.4 is 4.74 Å². The molecule has 1 aromatic heterocycles. The normalized spacial score (nSPS) is 14.5. The van der Waals surface area contributed by atoms with Crippen molar-refractivity contribution in [1.82, 2.24) is 19.7 Å². The van der Waals surface area contributed by atoms with Crippen LogP contribution in [0.5, 0.6) is 5.75 Å². The Labute approximate surface area is 188 Å². The van der Waals surface area contributed by atoms with E-state index >= 15 is 0 Å². The van der Waals surface area contributed by atoms with Gasteiger partial charge in [-0.3, -0.25) is 14.5 Å². The van der Waals surface area contributed by atoms with Gasteiger partial charge in [-0.05, 0) is 29.3 Å². The molecule has 0 bridgehead atoms. The van der Waals surface area contributed by atoms with Crippen molar-refractivity contribution in [2.75, 3.05) is 46.9 Å². The van der Waals surface area contributed by atoms with Crippen LogP contribution in [0.25, 0.3) is 10.9 Å². The van der Waals surface area contributed by atoms with E-state index in [9.17, 15) is 9.59 Å². The fourth-order valence-electron chi connectivity index (χ4n) is 4.11. The first kappa shape index (κ1) is 21.9. The molecule has 3 aromatic rings. The van der Waals surface area contributed by atoms with Gasteiger partial charge < -0.3 is 19.5 Å². The molecule has 7 nitrogen and oxygen atoms in total. The quantitative estimate of drug-likeness (QED) is 0.621. The lowest BCUT2D eigenvalue weighted by Crippen LogP contribution is -2.51. The minimum Gasteiger partial charge on any atom is -0.497 e. The summed E-state index contributed by atoms with van der Waals surface area (Å²) in [7, 11) is 3.47. The van der Waals surface area contributed by atoms with Crippen molar-refractivity contribution >= 4 is 22.7 Å². The summed E-state index contributed by atoms with van der Waals surface area (Å²) in [4.78, 5) is 34.5. The number of nitrogens with zero attached hydrogens (tertiary/aromatic N) is 3. The molecule has 0 aliphatic carbocycles. The van der Waals surface area contributed by atoms with Gasteiger partial charge in [-0.15, -0.1) is 0 Å². The SMILES string of the molecule is COc1ccc(CN(C)C(=O)CN2CCN(C(=O)Cc3c[nH]c4ccccc34)CC2)cc1. The van der Waals surface area contributed by atoms with E-state index in [0.29, 0.717) is 45.7 Å². The summed E-state index contributed by atoms with van der Waals surface area (Å²) in [5, 5.41) is 1.10. The molecule has 1 fully saturated rings. The van der Waals surface area contributed by atoms with Gasteiger partial charge in [-0.25, -0.2) is 0 Å². The van der Waals surface area contributed by atoms with Crippen LogP contribution in [-0.2, 0) is 22.6 Å². The highest BCUT2D eigenvalue weighted by molar-refractivity contribution is 5.89. The third-order valence-electron chi connectivity index (χ3n) is 6.11. The smallest absolute Gasteiger partial charge is 0.236 e. The molecular formula is C25H30N4O3. The lowest BCUT2D eigenvalue weighted by molar-refractivity contribution is -0.134. The Morgan fingerprint density at radius 3 is 2.47 bits per heavy atom.